The molecule has 0 heterocycles. The van der Waals surface area contributed by atoms with Gasteiger partial charge in [0, 0.05) is 18.2 Å². The van der Waals surface area contributed by atoms with E-state index in [9.17, 15) is 8.78 Å². The van der Waals surface area contributed by atoms with Crippen molar-refractivity contribution in [1.29, 1.82) is 0 Å². The summed E-state index contributed by atoms with van der Waals surface area (Å²) in [6.07, 6.45) is 0. The smallest absolute Gasteiger partial charge is 0.191 e. The van der Waals surface area contributed by atoms with Crippen molar-refractivity contribution in [1.82, 2.24) is 10.6 Å². The topological polar surface area (TPSA) is 54.9 Å². The zero-order chi connectivity index (χ0) is 18.8. The summed E-state index contributed by atoms with van der Waals surface area (Å²) in [5, 5.41) is 6.23. The molecule has 140 valence electrons. The Morgan fingerprint density at radius 2 is 1.88 bits per heavy atom. The maximum Gasteiger partial charge on any atom is 0.191 e. The Labute approximate surface area is 152 Å². The van der Waals surface area contributed by atoms with E-state index < -0.39 is 11.6 Å². The third-order valence-electron chi connectivity index (χ3n) is 3.49. The van der Waals surface area contributed by atoms with E-state index in [1.54, 1.807) is 7.11 Å². The van der Waals surface area contributed by atoms with E-state index in [2.05, 4.69) is 15.6 Å². The number of nitrogens with zero attached hydrogens (tertiary/aromatic N) is 1. The Kier molecular flexibility index (Phi) is 7.67. The first-order valence-electron chi connectivity index (χ1n) is 8.36. The van der Waals surface area contributed by atoms with Crippen LogP contribution in [0.25, 0.3) is 0 Å². The van der Waals surface area contributed by atoms with Crippen molar-refractivity contribution < 1.29 is 18.3 Å². The predicted octanol–water partition coefficient (Wildman–Crippen LogP) is 3.11. The van der Waals surface area contributed by atoms with Gasteiger partial charge >= 0.3 is 0 Å². The van der Waals surface area contributed by atoms with Crippen LogP contribution in [0.5, 0.6) is 11.5 Å². The summed E-state index contributed by atoms with van der Waals surface area (Å²) < 4.78 is 37.0. The van der Waals surface area contributed by atoms with E-state index in [-0.39, 0.29) is 12.4 Å². The van der Waals surface area contributed by atoms with E-state index in [0.717, 1.165) is 23.4 Å². The fourth-order valence-electron chi connectivity index (χ4n) is 2.26. The molecule has 5 nitrogen and oxygen atoms in total. The third kappa shape index (κ3) is 5.91. The van der Waals surface area contributed by atoms with Crippen LogP contribution in [0.3, 0.4) is 0 Å². The number of rotatable bonds is 8. The monoisotopic (exact) mass is 363 g/mol. The van der Waals surface area contributed by atoms with Gasteiger partial charge in [-0.1, -0.05) is 18.2 Å². The molecule has 0 atom stereocenters. The van der Waals surface area contributed by atoms with Gasteiger partial charge in [0.15, 0.2) is 17.5 Å². The molecule has 0 unspecified atom stereocenters. The summed E-state index contributed by atoms with van der Waals surface area (Å²) in [6.45, 7) is 3.74. The number of halogens is 2. The van der Waals surface area contributed by atoms with Crippen molar-refractivity contribution in [2.75, 3.05) is 26.8 Å². The van der Waals surface area contributed by atoms with Crippen molar-refractivity contribution in [2.45, 2.75) is 13.5 Å². The molecule has 2 rings (SSSR count). The second-order valence-electron chi connectivity index (χ2n) is 5.36. The molecule has 0 saturated carbocycles. The van der Waals surface area contributed by atoms with E-state index in [1.807, 2.05) is 31.2 Å². The minimum Gasteiger partial charge on any atom is -0.496 e. The van der Waals surface area contributed by atoms with E-state index in [4.69, 9.17) is 9.47 Å². The van der Waals surface area contributed by atoms with Crippen LogP contribution in [-0.4, -0.2) is 32.8 Å². The zero-order valence-corrected chi connectivity index (χ0v) is 14.9. The van der Waals surface area contributed by atoms with Crippen LogP contribution in [0.1, 0.15) is 12.5 Å². The molecule has 0 fully saturated rings. The molecule has 0 aromatic heterocycles. The van der Waals surface area contributed by atoms with Crippen molar-refractivity contribution in [3.63, 3.8) is 0 Å². The molecule has 2 N–H and O–H groups in total. The van der Waals surface area contributed by atoms with Crippen molar-refractivity contribution >= 4 is 5.96 Å². The summed E-state index contributed by atoms with van der Waals surface area (Å²) in [4.78, 5) is 4.50. The van der Waals surface area contributed by atoms with Gasteiger partial charge in [0.2, 0.25) is 0 Å². The average Bonchev–Trinajstić information content (AvgIpc) is 2.64. The van der Waals surface area contributed by atoms with Crippen LogP contribution in [0.15, 0.2) is 47.5 Å². The SMILES string of the molecule is CCNC(=NCc1ccccc1OC)NCCOc1ccc(F)cc1F. The maximum absolute atomic E-state index is 13.5. The summed E-state index contributed by atoms with van der Waals surface area (Å²) in [6, 6.07) is 10.9. The minimum absolute atomic E-state index is 0.0177. The summed E-state index contributed by atoms with van der Waals surface area (Å²) in [5.41, 5.74) is 0.969. The van der Waals surface area contributed by atoms with Crippen LogP contribution in [0.4, 0.5) is 8.78 Å². The van der Waals surface area contributed by atoms with E-state index in [0.29, 0.717) is 25.6 Å². The summed E-state index contributed by atoms with van der Waals surface area (Å²) in [7, 11) is 1.62. The number of benzene rings is 2. The van der Waals surface area contributed by atoms with Gasteiger partial charge in [0.05, 0.1) is 20.2 Å². The van der Waals surface area contributed by atoms with Crippen molar-refractivity contribution in [3.05, 3.63) is 59.7 Å². The lowest BCUT2D eigenvalue weighted by Crippen LogP contribution is -2.39. The van der Waals surface area contributed by atoms with Gasteiger partial charge in [-0.3, -0.25) is 0 Å². The van der Waals surface area contributed by atoms with Crippen LogP contribution in [-0.2, 0) is 6.54 Å². The van der Waals surface area contributed by atoms with E-state index in [1.165, 1.54) is 6.07 Å². The standard InChI is InChI=1S/C19H23F2N3O2/c1-3-22-19(24-13-14-6-4-5-7-17(14)25-2)23-10-11-26-18-9-8-15(20)12-16(18)21/h4-9,12H,3,10-11,13H2,1-2H3,(H2,22,23,24). The minimum atomic E-state index is -0.721. The molecule has 0 aliphatic rings. The zero-order valence-electron chi connectivity index (χ0n) is 14.9. The predicted molar refractivity (Wildman–Crippen MR) is 97.7 cm³/mol. The first kappa shape index (κ1) is 19.5. The second kappa shape index (κ2) is 10.2. The average molecular weight is 363 g/mol. The highest BCUT2D eigenvalue weighted by atomic mass is 19.1. The number of ether oxygens (including phenoxy) is 2. The fraction of sp³-hybridized carbons (Fsp3) is 0.316. The third-order valence-corrected chi connectivity index (χ3v) is 3.49. The Morgan fingerprint density at radius 3 is 2.62 bits per heavy atom. The number of guanidine groups is 1. The number of hydrogen-bond acceptors (Lipinski definition) is 3. The van der Waals surface area contributed by atoms with Crippen LogP contribution in [0, 0.1) is 11.6 Å². The Bertz CT molecular complexity index is 738. The molecular weight excluding hydrogens is 340 g/mol. The maximum atomic E-state index is 13.5. The number of aliphatic imine (C=N–C) groups is 1. The second-order valence-corrected chi connectivity index (χ2v) is 5.36. The highest BCUT2D eigenvalue weighted by molar-refractivity contribution is 5.79. The van der Waals surface area contributed by atoms with Gasteiger partial charge in [0.1, 0.15) is 18.2 Å². The van der Waals surface area contributed by atoms with Crippen LogP contribution in [0.2, 0.25) is 0 Å². The number of methoxy groups -OCH3 is 1. The lowest BCUT2D eigenvalue weighted by atomic mass is 10.2. The van der Waals surface area contributed by atoms with Gasteiger partial charge in [-0.05, 0) is 25.1 Å². The summed E-state index contributed by atoms with van der Waals surface area (Å²) in [5.74, 6) is 0.0561. The number of nitrogens with one attached hydrogen (secondary N) is 2. The lowest BCUT2D eigenvalue weighted by Gasteiger charge is -2.13. The quantitative estimate of drug-likeness (QED) is 0.430. The molecule has 26 heavy (non-hydrogen) atoms. The van der Waals surface area contributed by atoms with Gasteiger partial charge in [-0.2, -0.15) is 0 Å². The highest BCUT2D eigenvalue weighted by Gasteiger charge is 2.05. The molecule has 0 saturated heterocycles. The normalized spacial score (nSPS) is 11.2. The van der Waals surface area contributed by atoms with Crippen molar-refractivity contribution in [2.24, 2.45) is 4.99 Å². The largest absolute Gasteiger partial charge is 0.496 e. The van der Waals surface area contributed by atoms with E-state index >= 15 is 0 Å². The van der Waals surface area contributed by atoms with Gasteiger partial charge in [-0.15, -0.1) is 0 Å². The highest BCUT2D eigenvalue weighted by Crippen LogP contribution is 2.18. The first-order valence-corrected chi connectivity index (χ1v) is 8.36. The van der Waals surface area contributed by atoms with Crippen LogP contribution < -0.4 is 20.1 Å². The number of para-hydroxylation sites is 1. The molecule has 0 aliphatic carbocycles. The molecule has 2 aromatic rings. The molecule has 0 aliphatic heterocycles. The fourth-order valence-corrected chi connectivity index (χ4v) is 2.26. The molecular formula is C19H23F2N3O2. The Balaban J connectivity index is 1.87. The van der Waals surface area contributed by atoms with Gasteiger partial charge < -0.3 is 20.1 Å². The van der Waals surface area contributed by atoms with Gasteiger partial charge in [0.25, 0.3) is 0 Å². The molecule has 0 amide bonds. The molecule has 0 radical (unpaired) electrons. The van der Waals surface area contributed by atoms with Gasteiger partial charge in [-0.25, -0.2) is 13.8 Å². The molecule has 7 heteroatoms. The Morgan fingerprint density at radius 1 is 1.08 bits per heavy atom. The first-order chi connectivity index (χ1) is 12.6. The van der Waals surface area contributed by atoms with Crippen molar-refractivity contribution in [3.8, 4) is 11.5 Å². The van der Waals surface area contributed by atoms with Crippen LogP contribution >= 0.6 is 0 Å². The summed E-state index contributed by atoms with van der Waals surface area (Å²) >= 11 is 0. The molecule has 0 bridgehead atoms. The number of hydrogen-bond donors (Lipinski definition) is 2. The Hall–Kier alpha value is -2.83. The molecule has 0 spiro atoms. The lowest BCUT2D eigenvalue weighted by molar-refractivity contribution is 0.304. The molecule has 2 aromatic carbocycles.